The summed E-state index contributed by atoms with van der Waals surface area (Å²) < 4.78 is 16.4. The van der Waals surface area contributed by atoms with Crippen molar-refractivity contribution in [3.8, 4) is 0 Å². The van der Waals surface area contributed by atoms with Crippen LogP contribution in [0.15, 0.2) is 24.3 Å². The molecule has 1 aliphatic rings. The maximum Gasteiger partial charge on any atom is 0.341 e. The SMILES string of the molecule is CCOC(=O)c1c(N[C@H](NC(=O)c2ccc(F)cc2)C(Cl)(Cl)Cl)sc2c1CCCC2. The summed E-state index contributed by atoms with van der Waals surface area (Å²) in [4.78, 5) is 26.3. The molecule has 0 fully saturated rings. The fourth-order valence-corrected chi connectivity index (χ4v) is 4.87. The van der Waals surface area contributed by atoms with Gasteiger partial charge in [0.25, 0.3) is 5.91 Å². The number of rotatable bonds is 6. The molecule has 0 spiro atoms. The largest absolute Gasteiger partial charge is 0.462 e. The first-order valence-corrected chi connectivity index (χ1v) is 11.4. The number of thiophene rings is 1. The summed E-state index contributed by atoms with van der Waals surface area (Å²) >= 11 is 19.7. The Morgan fingerprint density at radius 2 is 1.87 bits per heavy atom. The van der Waals surface area contributed by atoms with Gasteiger partial charge >= 0.3 is 5.97 Å². The average Bonchev–Trinajstić information content (AvgIpc) is 3.05. The number of hydrogen-bond acceptors (Lipinski definition) is 5. The summed E-state index contributed by atoms with van der Waals surface area (Å²) in [7, 11) is 0. The summed E-state index contributed by atoms with van der Waals surface area (Å²) in [5, 5.41) is 6.10. The van der Waals surface area contributed by atoms with Gasteiger partial charge in [-0.1, -0.05) is 34.8 Å². The van der Waals surface area contributed by atoms with E-state index in [1.807, 2.05) is 0 Å². The van der Waals surface area contributed by atoms with E-state index in [1.54, 1.807) is 6.92 Å². The number of hydrogen-bond donors (Lipinski definition) is 2. The van der Waals surface area contributed by atoms with E-state index in [0.717, 1.165) is 36.1 Å². The first-order valence-electron chi connectivity index (χ1n) is 9.42. The van der Waals surface area contributed by atoms with Gasteiger partial charge in [-0.05, 0) is 62.4 Å². The van der Waals surface area contributed by atoms with Crippen LogP contribution in [0.25, 0.3) is 0 Å². The summed E-state index contributed by atoms with van der Waals surface area (Å²) in [6.07, 6.45) is 2.49. The van der Waals surface area contributed by atoms with E-state index < -0.39 is 27.7 Å². The predicted molar refractivity (Wildman–Crippen MR) is 118 cm³/mol. The van der Waals surface area contributed by atoms with E-state index in [4.69, 9.17) is 39.5 Å². The Morgan fingerprint density at radius 1 is 1.20 bits per heavy atom. The minimum Gasteiger partial charge on any atom is -0.462 e. The topological polar surface area (TPSA) is 67.4 Å². The lowest BCUT2D eigenvalue weighted by molar-refractivity contribution is 0.0526. The number of carbonyl (C=O) groups is 2. The Hall–Kier alpha value is -1.54. The first kappa shape index (κ1) is 23.1. The van der Waals surface area contributed by atoms with Crippen LogP contribution in [0.2, 0.25) is 0 Å². The van der Waals surface area contributed by atoms with Crippen LogP contribution in [0.5, 0.6) is 0 Å². The smallest absolute Gasteiger partial charge is 0.341 e. The third-order valence-electron chi connectivity index (χ3n) is 4.64. The molecule has 0 saturated carbocycles. The Labute approximate surface area is 192 Å². The van der Waals surface area contributed by atoms with Crippen molar-refractivity contribution >= 4 is 63.0 Å². The van der Waals surface area contributed by atoms with Crippen molar-refractivity contribution in [3.63, 3.8) is 0 Å². The highest BCUT2D eigenvalue weighted by Crippen LogP contribution is 2.40. The quantitative estimate of drug-likeness (QED) is 0.318. The van der Waals surface area contributed by atoms with Gasteiger partial charge in [0.2, 0.25) is 3.79 Å². The zero-order valence-electron chi connectivity index (χ0n) is 16.1. The highest BCUT2D eigenvalue weighted by atomic mass is 35.6. The molecule has 2 aromatic rings. The van der Waals surface area contributed by atoms with Crippen molar-refractivity contribution in [2.24, 2.45) is 0 Å². The predicted octanol–water partition coefficient (Wildman–Crippen LogP) is 5.48. The fourth-order valence-electron chi connectivity index (χ4n) is 3.23. The number of esters is 1. The lowest BCUT2D eigenvalue weighted by Gasteiger charge is -2.27. The number of amides is 1. The Bertz CT molecular complexity index is 929. The standard InChI is InChI=1S/C20H20Cl3FN2O3S/c1-2-29-18(28)15-13-5-3-4-6-14(13)30-17(15)26-19(20(21,22)23)25-16(27)11-7-9-12(24)10-8-11/h7-10,19,26H,2-6H2,1H3,(H,25,27)/t19-/m0/s1. The molecule has 3 rings (SSSR count). The van der Waals surface area contributed by atoms with Crippen molar-refractivity contribution < 1.29 is 18.7 Å². The maximum absolute atomic E-state index is 13.1. The number of alkyl halides is 3. The number of carbonyl (C=O) groups excluding carboxylic acids is 2. The number of ether oxygens (including phenoxy) is 1. The van der Waals surface area contributed by atoms with Crippen molar-refractivity contribution in [3.05, 3.63) is 51.7 Å². The molecule has 0 radical (unpaired) electrons. The van der Waals surface area contributed by atoms with Crippen LogP contribution in [0, 0.1) is 5.82 Å². The zero-order chi connectivity index (χ0) is 21.9. The van der Waals surface area contributed by atoms with Gasteiger partial charge in [0.1, 0.15) is 17.0 Å². The number of nitrogens with one attached hydrogen (secondary N) is 2. The molecule has 1 aromatic heterocycles. The van der Waals surface area contributed by atoms with Gasteiger partial charge in [-0.25, -0.2) is 9.18 Å². The molecule has 1 heterocycles. The molecule has 2 N–H and O–H groups in total. The fraction of sp³-hybridized carbons (Fsp3) is 0.400. The average molecular weight is 494 g/mol. The van der Waals surface area contributed by atoms with Crippen molar-refractivity contribution in [1.29, 1.82) is 0 Å². The van der Waals surface area contributed by atoms with Crippen molar-refractivity contribution in [1.82, 2.24) is 5.32 Å². The van der Waals surface area contributed by atoms with Gasteiger partial charge in [-0.15, -0.1) is 11.3 Å². The van der Waals surface area contributed by atoms with Crippen LogP contribution in [0.3, 0.4) is 0 Å². The number of halogens is 4. The Balaban J connectivity index is 1.90. The molecule has 30 heavy (non-hydrogen) atoms. The molecular formula is C20H20Cl3FN2O3S. The number of benzene rings is 1. The maximum atomic E-state index is 13.1. The normalized spacial score (nSPS) is 14.6. The molecule has 1 amide bonds. The molecule has 162 valence electrons. The summed E-state index contributed by atoms with van der Waals surface area (Å²) in [6.45, 7) is 1.97. The molecule has 10 heteroatoms. The molecule has 1 aliphatic carbocycles. The molecule has 0 saturated heterocycles. The van der Waals surface area contributed by atoms with Crippen LogP contribution in [0.1, 0.15) is 50.9 Å². The molecule has 0 aliphatic heterocycles. The number of anilines is 1. The molecule has 0 bridgehead atoms. The van der Waals surface area contributed by atoms with Gasteiger partial charge in [-0.2, -0.15) is 0 Å². The van der Waals surface area contributed by atoms with Gasteiger partial charge < -0.3 is 15.4 Å². The molecular weight excluding hydrogens is 474 g/mol. The lowest BCUT2D eigenvalue weighted by atomic mass is 9.95. The molecule has 1 atom stereocenters. The Morgan fingerprint density at radius 3 is 2.50 bits per heavy atom. The first-order chi connectivity index (χ1) is 14.2. The third kappa shape index (κ3) is 5.38. The lowest BCUT2D eigenvalue weighted by Crippen LogP contribution is -2.49. The van der Waals surface area contributed by atoms with Crippen molar-refractivity contribution in [2.75, 3.05) is 11.9 Å². The molecule has 0 unspecified atom stereocenters. The second-order valence-corrected chi connectivity index (χ2v) is 10.2. The van der Waals surface area contributed by atoms with Gasteiger partial charge in [0.15, 0.2) is 0 Å². The van der Waals surface area contributed by atoms with E-state index in [0.29, 0.717) is 10.6 Å². The second kappa shape index (κ2) is 9.73. The number of fused-ring (bicyclic) bond motifs is 1. The third-order valence-corrected chi connectivity index (χ3v) is 6.51. The zero-order valence-corrected chi connectivity index (χ0v) is 19.2. The summed E-state index contributed by atoms with van der Waals surface area (Å²) in [5.41, 5.74) is 1.57. The van der Waals surface area contributed by atoms with Gasteiger partial charge in [0.05, 0.1) is 12.2 Å². The van der Waals surface area contributed by atoms with E-state index in [9.17, 15) is 14.0 Å². The highest BCUT2D eigenvalue weighted by molar-refractivity contribution is 7.16. The van der Waals surface area contributed by atoms with Gasteiger partial charge in [-0.3, -0.25) is 4.79 Å². The van der Waals surface area contributed by atoms with E-state index in [-0.39, 0.29) is 12.2 Å². The summed E-state index contributed by atoms with van der Waals surface area (Å²) in [5.74, 6) is -1.48. The monoisotopic (exact) mass is 492 g/mol. The molecule has 1 aromatic carbocycles. The second-order valence-electron chi connectivity index (χ2n) is 6.73. The van der Waals surface area contributed by atoms with Crippen LogP contribution in [-0.2, 0) is 17.6 Å². The highest BCUT2D eigenvalue weighted by Gasteiger charge is 2.37. The van der Waals surface area contributed by atoms with Gasteiger partial charge in [0, 0.05) is 10.4 Å². The van der Waals surface area contributed by atoms with Crippen molar-refractivity contribution in [2.45, 2.75) is 42.6 Å². The minimum absolute atomic E-state index is 0.202. The minimum atomic E-state index is -1.92. The van der Waals surface area contributed by atoms with E-state index in [1.165, 1.54) is 35.6 Å². The summed E-state index contributed by atoms with van der Waals surface area (Å²) in [6, 6.07) is 4.99. The van der Waals surface area contributed by atoms with Crippen LogP contribution >= 0.6 is 46.1 Å². The Kier molecular flexibility index (Phi) is 7.50. The van der Waals surface area contributed by atoms with E-state index in [2.05, 4.69) is 10.6 Å². The molecule has 5 nitrogen and oxygen atoms in total. The number of aryl methyl sites for hydroxylation is 1. The van der Waals surface area contributed by atoms with Crippen LogP contribution in [-0.4, -0.2) is 28.4 Å². The van der Waals surface area contributed by atoms with E-state index >= 15 is 0 Å². The van der Waals surface area contributed by atoms with Crippen LogP contribution < -0.4 is 10.6 Å². The van der Waals surface area contributed by atoms with Crippen LogP contribution in [0.4, 0.5) is 9.39 Å².